The van der Waals surface area contributed by atoms with Crippen molar-refractivity contribution >= 4 is 17.8 Å². The second-order valence-corrected chi connectivity index (χ2v) is 8.91. The number of ketones is 1. The summed E-state index contributed by atoms with van der Waals surface area (Å²) in [6, 6.07) is 23.8. The molecule has 3 aromatic rings. The maximum atomic E-state index is 13.8. The van der Waals surface area contributed by atoms with E-state index in [4.69, 9.17) is 9.47 Å². The Balaban J connectivity index is 1.63. The molecule has 1 aliphatic carbocycles. The normalized spacial score (nSPS) is 17.4. The SMILES string of the molecule is COC(=O)C1(C(CCc2ccccc2)NC(=O)OCc2ccccc2)Cc2ccc(C)cc2C1=O. The zero-order valence-corrected chi connectivity index (χ0v) is 20.0. The van der Waals surface area contributed by atoms with Crippen LogP contribution in [0.2, 0.25) is 0 Å². The highest BCUT2D eigenvalue weighted by Gasteiger charge is 2.58. The fourth-order valence-corrected chi connectivity index (χ4v) is 4.75. The van der Waals surface area contributed by atoms with Crippen molar-refractivity contribution in [3.05, 3.63) is 107 Å². The maximum absolute atomic E-state index is 13.8. The number of benzene rings is 3. The Hall–Kier alpha value is -3.93. The van der Waals surface area contributed by atoms with Crippen LogP contribution in [0, 0.1) is 12.3 Å². The van der Waals surface area contributed by atoms with Gasteiger partial charge in [-0.15, -0.1) is 0 Å². The van der Waals surface area contributed by atoms with E-state index in [1.807, 2.05) is 79.7 Å². The van der Waals surface area contributed by atoms with Gasteiger partial charge in [-0.3, -0.25) is 9.59 Å². The molecule has 0 bridgehead atoms. The van der Waals surface area contributed by atoms with Gasteiger partial charge in [0.05, 0.1) is 13.2 Å². The second-order valence-electron chi connectivity index (χ2n) is 8.91. The number of rotatable bonds is 8. The number of esters is 1. The predicted octanol–water partition coefficient (Wildman–Crippen LogP) is 4.82. The van der Waals surface area contributed by atoms with Crippen molar-refractivity contribution in [3.8, 4) is 0 Å². The molecule has 0 aliphatic heterocycles. The lowest BCUT2D eigenvalue weighted by Crippen LogP contribution is -2.56. The standard InChI is InChI=1S/C29H29NO5/c1-20-13-15-23-18-29(27(32)34-2,26(31)24(23)17-20)25(16-14-21-9-5-3-6-10-21)30-28(33)35-19-22-11-7-4-8-12-22/h3-13,15,17,25H,14,16,18-19H2,1-2H3,(H,30,33). The fraction of sp³-hybridized carbons (Fsp3) is 0.276. The zero-order valence-electron chi connectivity index (χ0n) is 20.0. The van der Waals surface area contributed by atoms with Crippen molar-refractivity contribution in [3.63, 3.8) is 0 Å². The summed E-state index contributed by atoms with van der Waals surface area (Å²) < 4.78 is 10.6. The lowest BCUT2D eigenvalue weighted by Gasteiger charge is -2.34. The number of hydrogen-bond acceptors (Lipinski definition) is 5. The molecule has 6 heteroatoms. The van der Waals surface area contributed by atoms with E-state index in [0.717, 1.165) is 22.3 Å². The van der Waals surface area contributed by atoms with Crippen molar-refractivity contribution < 1.29 is 23.9 Å². The number of carbonyl (C=O) groups excluding carboxylic acids is 3. The molecule has 0 radical (unpaired) electrons. The molecule has 6 nitrogen and oxygen atoms in total. The summed E-state index contributed by atoms with van der Waals surface area (Å²) >= 11 is 0. The monoisotopic (exact) mass is 471 g/mol. The smallest absolute Gasteiger partial charge is 0.407 e. The highest BCUT2D eigenvalue weighted by atomic mass is 16.5. The van der Waals surface area contributed by atoms with Crippen LogP contribution in [0.1, 0.15) is 39.0 Å². The van der Waals surface area contributed by atoms with Gasteiger partial charge in [-0.2, -0.15) is 0 Å². The van der Waals surface area contributed by atoms with Gasteiger partial charge in [0.15, 0.2) is 11.2 Å². The van der Waals surface area contributed by atoms with Crippen LogP contribution in [-0.4, -0.2) is 31.0 Å². The molecule has 3 aromatic carbocycles. The average Bonchev–Trinajstić information content (AvgIpc) is 3.18. The fourth-order valence-electron chi connectivity index (χ4n) is 4.75. The van der Waals surface area contributed by atoms with Crippen LogP contribution in [0.25, 0.3) is 0 Å². The van der Waals surface area contributed by atoms with Crippen LogP contribution >= 0.6 is 0 Å². The van der Waals surface area contributed by atoms with Crippen LogP contribution in [0.4, 0.5) is 4.79 Å². The van der Waals surface area contributed by atoms with Crippen LogP contribution in [0.3, 0.4) is 0 Å². The van der Waals surface area contributed by atoms with E-state index in [-0.39, 0.29) is 18.8 Å². The Morgan fingerprint density at radius 3 is 2.29 bits per heavy atom. The maximum Gasteiger partial charge on any atom is 0.407 e. The first-order valence-electron chi connectivity index (χ1n) is 11.7. The van der Waals surface area contributed by atoms with Gasteiger partial charge in [-0.05, 0) is 48.9 Å². The summed E-state index contributed by atoms with van der Waals surface area (Å²) in [5, 5.41) is 2.85. The van der Waals surface area contributed by atoms with E-state index < -0.39 is 23.5 Å². The molecule has 4 rings (SSSR count). The predicted molar refractivity (Wildman–Crippen MR) is 132 cm³/mol. The molecule has 0 fully saturated rings. The van der Waals surface area contributed by atoms with Crippen molar-refractivity contribution in [2.75, 3.05) is 7.11 Å². The molecule has 35 heavy (non-hydrogen) atoms. The molecular formula is C29H29NO5. The molecule has 0 spiro atoms. The minimum atomic E-state index is -1.56. The lowest BCUT2D eigenvalue weighted by molar-refractivity contribution is -0.151. The number of ether oxygens (including phenoxy) is 2. The Bertz CT molecular complexity index is 1210. The minimum Gasteiger partial charge on any atom is -0.468 e. The Morgan fingerprint density at radius 2 is 1.63 bits per heavy atom. The van der Waals surface area contributed by atoms with E-state index in [1.54, 1.807) is 6.07 Å². The molecule has 2 atom stereocenters. The number of Topliss-reactive ketones (excluding diaryl/α,β-unsaturated/α-hetero) is 1. The number of fused-ring (bicyclic) bond motifs is 1. The number of alkyl carbamates (subject to hydrolysis) is 1. The van der Waals surface area contributed by atoms with Crippen LogP contribution in [0.5, 0.6) is 0 Å². The largest absolute Gasteiger partial charge is 0.468 e. The summed E-state index contributed by atoms with van der Waals surface area (Å²) in [7, 11) is 1.27. The number of amides is 1. The highest BCUT2D eigenvalue weighted by molar-refractivity contribution is 6.17. The van der Waals surface area contributed by atoms with Crippen LogP contribution in [0.15, 0.2) is 78.9 Å². The Labute approximate surface area is 205 Å². The van der Waals surface area contributed by atoms with Gasteiger partial charge >= 0.3 is 12.1 Å². The van der Waals surface area contributed by atoms with E-state index >= 15 is 0 Å². The molecule has 0 heterocycles. The van der Waals surface area contributed by atoms with Gasteiger partial charge in [-0.25, -0.2) is 4.79 Å². The number of methoxy groups -OCH3 is 1. The van der Waals surface area contributed by atoms with Gasteiger partial charge in [0.2, 0.25) is 0 Å². The van der Waals surface area contributed by atoms with Crippen molar-refractivity contribution in [2.24, 2.45) is 5.41 Å². The Kier molecular flexibility index (Phi) is 7.30. The molecule has 1 N–H and O–H groups in total. The van der Waals surface area contributed by atoms with Crippen molar-refractivity contribution in [1.29, 1.82) is 0 Å². The third-order valence-electron chi connectivity index (χ3n) is 6.60. The third kappa shape index (κ3) is 5.11. The van der Waals surface area contributed by atoms with E-state index in [1.165, 1.54) is 7.11 Å². The van der Waals surface area contributed by atoms with E-state index in [2.05, 4.69) is 5.32 Å². The second kappa shape index (κ2) is 10.6. The molecule has 0 saturated carbocycles. The minimum absolute atomic E-state index is 0.0800. The topological polar surface area (TPSA) is 81.7 Å². The first-order chi connectivity index (χ1) is 16.9. The van der Waals surface area contributed by atoms with Crippen LogP contribution in [-0.2, 0) is 33.7 Å². The summed E-state index contributed by atoms with van der Waals surface area (Å²) in [5.41, 5.74) is 2.51. The van der Waals surface area contributed by atoms with Crippen molar-refractivity contribution in [2.45, 2.75) is 38.8 Å². The third-order valence-corrected chi connectivity index (χ3v) is 6.60. The van der Waals surface area contributed by atoms with Gasteiger partial charge < -0.3 is 14.8 Å². The highest BCUT2D eigenvalue weighted by Crippen LogP contribution is 2.42. The number of aryl methyl sites for hydroxylation is 2. The molecule has 1 amide bonds. The first kappa shape index (κ1) is 24.2. The van der Waals surface area contributed by atoms with Crippen LogP contribution < -0.4 is 5.32 Å². The van der Waals surface area contributed by atoms with Crippen molar-refractivity contribution in [1.82, 2.24) is 5.32 Å². The number of hydrogen-bond donors (Lipinski definition) is 1. The number of carbonyl (C=O) groups is 3. The summed E-state index contributed by atoms with van der Waals surface area (Å²) in [6.45, 7) is 1.98. The first-order valence-corrected chi connectivity index (χ1v) is 11.7. The molecule has 180 valence electrons. The van der Waals surface area contributed by atoms with Gasteiger partial charge in [0.25, 0.3) is 0 Å². The zero-order chi connectivity index (χ0) is 24.8. The van der Waals surface area contributed by atoms with E-state index in [0.29, 0.717) is 18.4 Å². The Morgan fingerprint density at radius 1 is 0.971 bits per heavy atom. The lowest BCUT2D eigenvalue weighted by atomic mass is 9.74. The molecule has 1 aliphatic rings. The molecule has 2 unspecified atom stereocenters. The average molecular weight is 472 g/mol. The van der Waals surface area contributed by atoms with Gasteiger partial charge in [-0.1, -0.05) is 78.4 Å². The molecule has 0 aromatic heterocycles. The van der Waals surface area contributed by atoms with E-state index in [9.17, 15) is 14.4 Å². The van der Waals surface area contributed by atoms with Gasteiger partial charge in [0, 0.05) is 5.56 Å². The molecule has 0 saturated heterocycles. The quantitative estimate of drug-likeness (QED) is 0.376. The number of nitrogens with one attached hydrogen (secondary N) is 1. The summed E-state index contributed by atoms with van der Waals surface area (Å²) in [6.07, 6.45) is 0.395. The summed E-state index contributed by atoms with van der Waals surface area (Å²) in [4.78, 5) is 40.0. The van der Waals surface area contributed by atoms with Gasteiger partial charge in [0.1, 0.15) is 6.61 Å². The molecular weight excluding hydrogens is 442 g/mol. The summed E-state index contributed by atoms with van der Waals surface area (Å²) in [5.74, 6) is -0.984.